The minimum atomic E-state index is 0.221. The molecule has 0 aromatic carbocycles. The highest BCUT2D eigenvalue weighted by Crippen LogP contribution is 2.53. The molecule has 6 unspecified atom stereocenters. The molecule has 4 aliphatic rings. The van der Waals surface area contributed by atoms with Crippen molar-refractivity contribution < 1.29 is 10.2 Å². The molecule has 4 rings (SSSR count). The number of fused-ring (bicyclic) bond motifs is 4. The van der Waals surface area contributed by atoms with Crippen molar-refractivity contribution in [3.8, 4) is 0 Å². The summed E-state index contributed by atoms with van der Waals surface area (Å²) in [5.41, 5.74) is 5.62. The SMILES string of the molecule is CC=C1CC2CC(C=C(C)CO)C1C2.CC=C1CC2CC1CC2C=C(C)CO. The van der Waals surface area contributed by atoms with Crippen molar-refractivity contribution in [2.45, 2.75) is 66.2 Å². The number of hydrogen-bond acceptors (Lipinski definition) is 2. The van der Waals surface area contributed by atoms with E-state index in [1.807, 2.05) is 13.8 Å². The molecule has 156 valence electrons. The smallest absolute Gasteiger partial charge is 0.0639 e. The summed E-state index contributed by atoms with van der Waals surface area (Å²) in [5.74, 6) is 4.92. The van der Waals surface area contributed by atoms with Crippen LogP contribution >= 0.6 is 0 Å². The van der Waals surface area contributed by atoms with Crippen LogP contribution in [-0.2, 0) is 0 Å². The molecule has 6 atom stereocenters. The van der Waals surface area contributed by atoms with Crippen molar-refractivity contribution in [2.75, 3.05) is 13.2 Å². The van der Waals surface area contributed by atoms with Crippen LogP contribution in [0.5, 0.6) is 0 Å². The molecule has 0 heterocycles. The van der Waals surface area contributed by atoms with Crippen LogP contribution < -0.4 is 0 Å². The van der Waals surface area contributed by atoms with Crippen molar-refractivity contribution in [1.82, 2.24) is 0 Å². The predicted molar refractivity (Wildman–Crippen MR) is 118 cm³/mol. The molecule has 0 aromatic heterocycles. The molecule has 28 heavy (non-hydrogen) atoms. The van der Waals surface area contributed by atoms with Gasteiger partial charge < -0.3 is 10.2 Å². The maximum absolute atomic E-state index is 9.01. The van der Waals surface area contributed by atoms with E-state index in [1.54, 1.807) is 11.1 Å². The Balaban J connectivity index is 0.000000161. The second-order valence-corrected chi connectivity index (χ2v) is 9.68. The average Bonchev–Trinajstić information content (AvgIpc) is 3.47. The topological polar surface area (TPSA) is 40.5 Å². The zero-order valence-corrected chi connectivity index (χ0v) is 18.3. The van der Waals surface area contributed by atoms with Crippen LogP contribution in [0.1, 0.15) is 66.2 Å². The molecule has 4 aliphatic carbocycles. The summed E-state index contributed by atoms with van der Waals surface area (Å²) >= 11 is 0. The Morgan fingerprint density at radius 2 is 1.46 bits per heavy atom. The lowest BCUT2D eigenvalue weighted by molar-refractivity contribution is 0.328. The van der Waals surface area contributed by atoms with E-state index in [0.717, 1.165) is 40.7 Å². The molecule has 0 amide bonds. The third kappa shape index (κ3) is 4.71. The van der Waals surface area contributed by atoms with E-state index in [1.165, 1.54) is 38.5 Å². The van der Waals surface area contributed by atoms with Gasteiger partial charge in [0.2, 0.25) is 0 Å². The van der Waals surface area contributed by atoms with Gasteiger partial charge >= 0.3 is 0 Å². The minimum Gasteiger partial charge on any atom is -0.392 e. The Bertz CT molecular complexity index is 666. The maximum Gasteiger partial charge on any atom is 0.0639 e. The predicted octanol–water partition coefficient (Wildman–Crippen LogP) is 5.83. The fourth-order valence-electron chi connectivity index (χ4n) is 6.33. The lowest BCUT2D eigenvalue weighted by atomic mass is 9.84. The number of rotatable bonds is 4. The monoisotopic (exact) mass is 384 g/mol. The Morgan fingerprint density at radius 3 is 1.96 bits per heavy atom. The highest BCUT2D eigenvalue weighted by molar-refractivity contribution is 5.22. The number of aliphatic hydroxyl groups excluding tert-OH is 2. The van der Waals surface area contributed by atoms with Gasteiger partial charge in [0, 0.05) is 0 Å². The Morgan fingerprint density at radius 1 is 0.821 bits per heavy atom. The van der Waals surface area contributed by atoms with Gasteiger partial charge in [-0.05, 0) is 102 Å². The standard InChI is InChI=1S/2C13H20O/c1-3-11-5-10-6-12(13(11)7-10)4-9(2)8-14;1-3-10-5-13-7-12(10)6-11(13)4-9(2)8-14/h3-4,10,12-14H,5-8H2,1-2H3;3-4,11-14H,5-8H2,1-2H3. The fraction of sp³-hybridized carbons (Fsp3) is 0.692. The first-order valence-electron chi connectivity index (χ1n) is 11.3. The summed E-state index contributed by atoms with van der Waals surface area (Å²) in [6.45, 7) is 8.84. The normalized spacial score (nSPS) is 39.8. The van der Waals surface area contributed by atoms with Crippen LogP contribution in [0.3, 0.4) is 0 Å². The summed E-state index contributed by atoms with van der Waals surface area (Å²) < 4.78 is 0. The zero-order valence-electron chi connectivity index (χ0n) is 18.3. The minimum absolute atomic E-state index is 0.221. The molecule has 4 saturated carbocycles. The van der Waals surface area contributed by atoms with Gasteiger partial charge in [0.15, 0.2) is 0 Å². The van der Waals surface area contributed by atoms with Crippen molar-refractivity contribution >= 4 is 0 Å². The molecule has 2 heteroatoms. The first-order chi connectivity index (χ1) is 13.5. The highest BCUT2D eigenvalue weighted by atomic mass is 16.3. The summed E-state index contributed by atoms with van der Waals surface area (Å²) in [6, 6.07) is 0. The largest absolute Gasteiger partial charge is 0.392 e. The quantitative estimate of drug-likeness (QED) is 0.598. The fourth-order valence-corrected chi connectivity index (χ4v) is 6.33. The molecule has 2 nitrogen and oxygen atoms in total. The molecule has 0 aromatic rings. The second-order valence-electron chi connectivity index (χ2n) is 9.68. The average molecular weight is 385 g/mol. The molecule has 4 fully saturated rings. The Kier molecular flexibility index (Phi) is 7.39. The van der Waals surface area contributed by atoms with Gasteiger partial charge in [0.25, 0.3) is 0 Å². The zero-order chi connectivity index (χ0) is 20.3. The molecule has 0 spiro atoms. The number of hydrogen-bond donors (Lipinski definition) is 2. The molecule has 2 N–H and O–H groups in total. The first-order valence-corrected chi connectivity index (χ1v) is 11.3. The van der Waals surface area contributed by atoms with Crippen LogP contribution in [0, 0.1) is 35.5 Å². The molecule has 0 radical (unpaired) electrons. The Hall–Kier alpha value is -1.12. The second kappa shape index (κ2) is 9.59. The van der Waals surface area contributed by atoms with Gasteiger partial charge in [-0.15, -0.1) is 0 Å². The van der Waals surface area contributed by atoms with E-state index in [-0.39, 0.29) is 13.2 Å². The van der Waals surface area contributed by atoms with Crippen molar-refractivity contribution in [3.05, 3.63) is 46.6 Å². The van der Waals surface area contributed by atoms with Crippen LogP contribution in [0.4, 0.5) is 0 Å². The lowest BCUT2D eigenvalue weighted by Gasteiger charge is -2.22. The third-order valence-electron chi connectivity index (χ3n) is 7.72. The highest BCUT2D eigenvalue weighted by Gasteiger charge is 2.42. The van der Waals surface area contributed by atoms with Crippen LogP contribution in [0.2, 0.25) is 0 Å². The summed E-state index contributed by atoms with van der Waals surface area (Å²) in [6.07, 6.45) is 17.3. The maximum atomic E-state index is 9.01. The summed E-state index contributed by atoms with van der Waals surface area (Å²) in [5, 5.41) is 18.0. The molecule has 0 aliphatic heterocycles. The van der Waals surface area contributed by atoms with Crippen molar-refractivity contribution in [3.63, 3.8) is 0 Å². The van der Waals surface area contributed by atoms with Crippen LogP contribution in [-0.4, -0.2) is 23.4 Å². The van der Waals surface area contributed by atoms with Crippen LogP contribution in [0.15, 0.2) is 46.6 Å². The van der Waals surface area contributed by atoms with E-state index in [2.05, 4.69) is 38.2 Å². The van der Waals surface area contributed by atoms with E-state index in [0.29, 0.717) is 5.92 Å². The third-order valence-corrected chi connectivity index (χ3v) is 7.72. The van der Waals surface area contributed by atoms with Gasteiger partial charge in [0.05, 0.1) is 13.2 Å². The molecular weight excluding hydrogens is 344 g/mol. The van der Waals surface area contributed by atoms with Gasteiger partial charge in [-0.25, -0.2) is 0 Å². The van der Waals surface area contributed by atoms with E-state index in [9.17, 15) is 0 Å². The first kappa shape index (κ1) is 21.6. The summed E-state index contributed by atoms with van der Waals surface area (Å²) in [7, 11) is 0. The van der Waals surface area contributed by atoms with E-state index < -0.39 is 0 Å². The van der Waals surface area contributed by atoms with Gasteiger partial charge in [0.1, 0.15) is 0 Å². The van der Waals surface area contributed by atoms with Gasteiger partial charge in [-0.2, -0.15) is 0 Å². The van der Waals surface area contributed by atoms with Crippen molar-refractivity contribution in [2.24, 2.45) is 35.5 Å². The lowest BCUT2D eigenvalue weighted by Crippen LogP contribution is -2.11. The summed E-state index contributed by atoms with van der Waals surface area (Å²) in [4.78, 5) is 0. The Labute approximate surface area is 172 Å². The van der Waals surface area contributed by atoms with E-state index >= 15 is 0 Å². The van der Waals surface area contributed by atoms with E-state index in [4.69, 9.17) is 10.2 Å². The van der Waals surface area contributed by atoms with Gasteiger partial charge in [-0.3, -0.25) is 0 Å². The number of allylic oxidation sites excluding steroid dienone is 6. The van der Waals surface area contributed by atoms with Gasteiger partial charge in [-0.1, -0.05) is 46.6 Å². The number of aliphatic hydroxyl groups is 2. The molecular formula is C26H40O2. The molecule has 4 bridgehead atoms. The van der Waals surface area contributed by atoms with Crippen molar-refractivity contribution in [1.29, 1.82) is 0 Å². The van der Waals surface area contributed by atoms with Crippen LogP contribution in [0.25, 0.3) is 0 Å². The molecule has 0 saturated heterocycles.